The fourth-order valence-corrected chi connectivity index (χ4v) is 3.27. The van der Waals surface area contributed by atoms with E-state index in [-0.39, 0.29) is 5.91 Å². The van der Waals surface area contributed by atoms with Crippen LogP contribution in [0.3, 0.4) is 0 Å². The van der Waals surface area contributed by atoms with Gasteiger partial charge in [0.1, 0.15) is 5.82 Å². The molecule has 0 saturated carbocycles. The molecule has 1 amide bonds. The molecule has 2 aromatic carbocycles. The fraction of sp³-hybridized carbons (Fsp3) is 0.250. The normalized spacial score (nSPS) is 12.8. The number of hydrogen-bond donors (Lipinski definition) is 0. The molecule has 0 N–H and O–H groups in total. The lowest BCUT2D eigenvalue weighted by molar-refractivity contribution is 0.0780. The van der Waals surface area contributed by atoms with Crippen LogP contribution in [0.15, 0.2) is 54.6 Å². The van der Waals surface area contributed by atoms with E-state index >= 15 is 0 Å². The molecule has 1 aliphatic rings. The summed E-state index contributed by atoms with van der Waals surface area (Å²) in [5.41, 5.74) is 2.94. The Labute approximate surface area is 146 Å². The number of rotatable bonds is 4. The summed E-state index contributed by atoms with van der Waals surface area (Å²) in [6.07, 6.45) is 2.09. The van der Waals surface area contributed by atoms with Crippen LogP contribution in [0.25, 0.3) is 11.1 Å². The minimum Gasteiger partial charge on any atom is -0.334 e. The van der Waals surface area contributed by atoms with E-state index in [4.69, 9.17) is 0 Å². The average molecular weight is 332 g/mol. The van der Waals surface area contributed by atoms with Gasteiger partial charge in [0, 0.05) is 25.6 Å². The molecule has 5 nitrogen and oxygen atoms in total. The fourth-order valence-electron chi connectivity index (χ4n) is 3.27. The number of hydrogen-bond acceptors (Lipinski definition) is 3. The van der Waals surface area contributed by atoms with Gasteiger partial charge >= 0.3 is 0 Å². The maximum Gasteiger partial charge on any atom is 0.254 e. The van der Waals surface area contributed by atoms with E-state index < -0.39 is 0 Å². The molecule has 3 aromatic rings. The Morgan fingerprint density at radius 3 is 2.52 bits per heavy atom. The highest BCUT2D eigenvalue weighted by Gasteiger charge is 2.20. The van der Waals surface area contributed by atoms with Gasteiger partial charge in [-0.05, 0) is 29.7 Å². The van der Waals surface area contributed by atoms with E-state index in [0.29, 0.717) is 12.1 Å². The van der Waals surface area contributed by atoms with Gasteiger partial charge in [0.05, 0.1) is 6.54 Å². The largest absolute Gasteiger partial charge is 0.334 e. The van der Waals surface area contributed by atoms with Crippen molar-refractivity contribution in [3.8, 4) is 11.1 Å². The average Bonchev–Trinajstić information content (AvgIpc) is 3.27. The van der Waals surface area contributed by atoms with E-state index in [9.17, 15) is 4.79 Å². The van der Waals surface area contributed by atoms with Gasteiger partial charge in [-0.3, -0.25) is 4.79 Å². The molecular weight excluding hydrogens is 312 g/mol. The number of nitrogens with zero attached hydrogens (tertiary/aromatic N) is 4. The summed E-state index contributed by atoms with van der Waals surface area (Å²) in [4.78, 5) is 14.4. The Morgan fingerprint density at radius 1 is 1.04 bits per heavy atom. The van der Waals surface area contributed by atoms with Crippen LogP contribution in [-0.4, -0.2) is 32.6 Å². The SMILES string of the molecule is CN(Cc1nnc2n1CCC2)C(=O)c1ccc(-c2ccccc2)cc1. The molecule has 1 aromatic heterocycles. The van der Waals surface area contributed by atoms with Gasteiger partial charge < -0.3 is 9.47 Å². The third kappa shape index (κ3) is 3.05. The van der Waals surface area contributed by atoms with E-state index in [1.54, 1.807) is 4.90 Å². The van der Waals surface area contributed by atoms with Crippen LogP contribution >= 0.6 is 0 Å². The van der Waals surface area contributed by atoms with Crippen molar-refractivity contribution in [3.63, 3.8) is 0 Å². The summed E-state index contributed by atoms with van der Waals surface area (Å²) in [6.45, 7) is 1.43. The van der Waals surface area contributed by atoms with Crippen LogP contribution in [0.5, 0.6) is 0 Å². The first-order valence-corrected chi connectivity index (χ1v) is 8.54. The van der Waals surface area contributed by atoms with Crippen LogP contribution in [0.2, 0.25) is 0 Å². The summed E-state index contributed by atoms with van der Waals surface area (Å²) >= 11 is 0. The van der Waals surface area contributed by atoms with E-state index in [1.807, 2.05) is 49.5 Å². The van der Waals surface area contributed by atoms with Crippen molar-refractivity contribution in [2.45, 2.75) is 25.9 Å². The number of aryl methyl sites for hydroxylation is 1. The molecule has 0 atom stereocenters. The molecule has 0 radical (unpaired) electrons. The summed E-state index contributed by atoms with van der Waals surface area (Å²) < 4.78 is 2.13. The number of amides is 1. The zero-order valence-electron chi connectivity index (χ0n) is 14.2. The van der Waals surface area contributed by atoms with Crippen molar-refractivity contribution >= 4 is 5.91 Å². The van der Waals surface area contributed by atoms with Crippen LogP contribution in [-0.2, 0) is 19.5 Å². The Morgan fingerprint density at radius 2 is 1.76 bits per heavy atom. The van der Waals surface area contributed by atoms with Gasteiger partial charge in [-0.25, -0.2) is 0 Å². The Hall–Kier alpha value is -2.95. The van der Waals surface area contributed by atoms with E-state index in [2.05, 4.69) is 26.9 Å². The maximum absolute atomic E-state index is 12.7. The van der Waals surface area contributed by atoms with Crippen molar-refractivity contribution in [3.05, 3.63) is 71.8 Å². The van der Waals surface area contributed by atoms with Crippen molar-refractivity contribution < 1.29 is 4.79 Å². The predicted octanol–water partition coefficient (Wildman–Crippen LogP) is 3.16. The van der Waals surface area contributed by atoms with Crippen molar-refractivity contribution in [2.24, 2.45) is 0 Å². The lowest BCUT2D eigenvalue weighted by Crippen LogP contribution is -2.27. The number of aromatic nitrogens is 3. The number of carbonyl (C=O) groups is 1. The highest BCUT2D eigenvalue weighted by Crippen LogP contribution is 2.20. The van der Waals surface area contributed by atoms with Gasteiger partial charge in [0.2, 0.25) is 0 Å². The van der Waals surface area contributed by atoms with Crippen molar-refractivity contribution in [1.82, 2.24) is 19.7 Å². The molecule has 5 heteroatoms. The third-order valence-electron chi connectivity index (χ3n) is 4.65. The lowest BCUT2D eigenvalue weighted by Gasteiger charge is -2.17. The number of fused-ring (bicyclic) bond motifs is 1. The number of benzene rings is 2. The second-order valence-electron chi connectivity index (χ2n) is 6.39. The minimum atomic E-state index is -0.00467. The van der Waals surface area contributed by atoms with Gasteiger partial charge in [-0.15, -0.1) is 10.2 Å². The van der Waals surface area contributed by atoms with E-state index in [1.165, 1.54) is 0 Å². The minimum absolute atomic E-state index is 0.00467. The van der Waals surface area contributed by atoms with Crippen molar-refractivity contribution in [2.75, 3.05) is 7.05 Å². The molecule has 1 aliphatic heterocycles. The Kier molecular flexibility index (Phi) is 4.06. The van der Waals surface area contributed by atoms with Crippen molar-refractivity contribution in [1.29, 1.82) is 0 Å². The molecule has 25 heavy (non-hydrogen) atoms. The molecule has 4 rings (SSSR count). The highest BCUT2D eigenvalue weighted by molar-refractivity contribution is 5.94. The zero-order chi connectivity index (χ0) is 17.2. The Balaban J connectivity index is 1.48. The maximum atomic E-state index is 12.7. The van der Waals surface area contributed by atoms with Crippen LogP contribution in [0, 0.1) is 0 Å². The molecule has 0 saturated heterocycles. The van der Waals surface area contributed by atoms with E-state index in [0.717, 1.165) is 42.2 Å². The van der Waals surface area contributed by atoms with Crippen LogP contribution in [0.4, 0.5) is 0 Å². The number of carbonyl (C=O) groups excluding carboxylic acids is 1. The second-order valence-corrected chi connectivity index (χ2v) is 6.39. The first-order valence-electron chi connectivity index (χ1n) is 8.54. The molecule has 0 spiro atoms. The molecule has 126 valence electrons. The quantitative estimate of drug-likeness (QED) is 0.737. The Bertz CT molecular complexity index is 884. The van der Waals surface area contributed by atoms with Crippen LogP contribution < -0.4 is 0 Å². The summed E-state index contributed by atoms with van der Waals surface area (Å²) in [6, 6.07) is 17.9. The van der Waals surface area contributed by atoms with Gasteiger partial charge in [0.25, 0.3) is 5.91 Å². The summed E-state index contributed by atoms with van der Waals surface area (Å²) in [5.74, 6) is 1.89. The van der Waals surface area contributed by atoms with Gasteiger partial charge in [-0.2, -0.15) is 0 Å². The molecule has 0 unspecified atom stereocenters. The topological polar surface area (TPSA) is 51.0 Å². The van der Waals surface area contributed by atoms with Gasteiger partial charge in [-0.1, -0.05) is 42.5 Å². The highest BCUT2D eigenvalue weighted by atomic mass is 16.2. The standard InChI is InChI=1S/C20H20N4O/c1-23(14-19-22-21-18-8-5-13-24(18)19)20(25)17-11-9-16(10-12-17)15-6-3-2-4-7-15/h2-4,6-7,9-12H,5,8,13-14H2,1H3. The monoisotopic (exact) mass is 332 g/mol. The molecule has 2 heterocycles. The van der Waals surface area contributed by atoms with Gasteiger partial charge in [0.15, 0.2) is 5.82 Å². The third-order valence-corrected chi connectivity index (χ3v) is 4.65. The first kappa shape index (κ1) is 15.6. The lowest BCUT2D eigenvalue weighted by atomic mass is 10.0. The van der Waals surface area contributed by atoms with Crippen LogP contribution in [0.1, 0.15) is 28.4 Å². The summed E-state index contributed by atoms with van der Waals surface area (Å²) in [5, 5.41) is 8.43. The molecular formula is C20H20N4O. The zero-order valence-corrected chi connectivity index (χ0v) is 14.2. The summed E-state index contributed by atoms with van der Waals surface area (Å²) in [7, 11) is 1.81. The smallest absolute Gasteiger partial charge is 0.254 e. The second kappa shape index (κ2) is 6.51. The molecule has 0 fully saturated rings. The molecule has 0 aliphatic carbocycles. The first-order chi connectivity index (χ1) is 12.2. The predicted molar refractivity (Wildman–Crippen MR) is 96.0 cm³/mol. The molecule has 0 bridgehead atoms.